The first-order chi connectivity index (χ1) is 6.40. The van der Waals surface area contributed by atoms with Gasteiger partial charge in [0.05, 0.1) is 0 Å². The van der Waals surface area contributed by atoms with Crippen molar-refractivity contribution in [3.63, 3.8) is 0 Å². The molecule has 0 rings (SSSR count). The van der Waals surface area contributed by atoms with Crippen molar-refractivity contribution in [2.45, 2.75) is 40.7 Å². The van der Waals surface area contributed by atoms with E-state index in [1.54, 1.807) is 0 Å². The van der Waals surface area contributed by atoms with Crippen LogP contribution in [0.2, 0.25) is 0 Å². The molecule has 0 saturated heterocycles. The molecule has 2 nitrogen and oxygen atoms in total. The monoisotopic (exact) mass is 263 g/mol. The summed E-state index contributed by atoms with van der Waals surface area (Å²) in [5.41, 5.74) is 0. The van der Waals surface area contributed by atoms with Crippen molar-refractivity contribution in [1.82, 2.24) is 5.32 Å². The Labute approximate surface area is 96.0 Å². The molecule has 0 spiro atoms. The molecular formula is C11H22BrNO. The topological polar surface area (TPSA) is 29.1 Å². The normalized spacial score (nSPS) is 15.7. The molecule has 0 saturated carbocycles. The third-order valence-electron chi connectivity index (χ3n) is 2.71. The van der Waals surface area contributed by atoms with Crippen LogP contribution in [-0.2, 0) is 4.79 Å². The zero-order valence-electron chi connectivity index (χ0n) is 9.80. The van der Waals surface area contributed by atoms with Gasteiger partial charge in [-0.05, 0) is 11.8 Å². The smallest absolute Gasteiger partial charge is 0.223 e. The highest BCUT2D eigenvalue weighted by Crippen LogP contribution is 2.12. The molecule has 0 aliphatic carbocycles. The second kappa shape index (κ2) is 6.44. The first kappa shape index (κ1) is 13.9. The van der Waals surface area contributed by atoms with Gasteiger partial charge in [0.25, 0.3) is 0 Å². The van der Waals surface area contributed by atoms with E-state index in [4.69, 9.17) is 0 Å². The van der Waals surface area contributed by atoms with Gasteiger partial charge in [-0.1, -0.05) is 50.5 Å². The van der Waals surface area contributed by atoms with E-state index in [2.05, 4.69) is 48.9 Å². The van der Waals surface area contributed by atoms with Crippen molar-refractivity contribution in [2.24, 2.45) is 17.8 Å². The van der Waals surface area contributed by atoms with E-state index in [0.717, 1.165) is 5.33 Å². The number of carbonyl (C=O) groups excluding carboxylic acids is 1. The summed E-state index contributed by atoms with van der Waals surface area (Å²) < 4.78 is 0. The van der Waals surface area contributed by atoms with Crippen LogP contribution in [0.25, 0.3) is 0 Å². The zero-order chi connectivity index (χ0) is 11.3. The number of alkyl halides is 1. The summed E-state index contributed by atoms with van der Waals surface area (Å²) in [6.45, 7) is 10.4. The Balaban J connectivity index is 4.15. The van der Waals surface area contributed by atoms with Crippen molar-refractivity contribution in [3.05, 3.63) is 0 Å². The van der Waals surface area contributed by atoms with Crippen molar-refractivity contribution in [2.75, 3.05) is 5.33 Å². The number of nitrogens with one attached hydrogen (secondary N) is 1. The molecule has 1 N–H and O–H groups in total. The maximum Gasteiger partial charge on any atom is 0.223 e. The summed E-state index contributed by atoms with van der Waals surface area (Å²) in [5, 5.41) is 3.88. The molecule has 0 radical (unpaired) electrons. The summed E-state index contributed by atoms with van der Waals surface area (Å²) >= 11 is 3.42. The number of hydrogen-bond acceptors (Lipinski definition) is 1. The third-order valence-corrected chi connectivity index (χ3v) is 3.41. The summed E-state index contributed by atoms with van der Waals surface area (Å²) in [6.07, 6.45) is 0. The van der Waals surface area contributed by atoms with Crippen LogP contribution in [0, 0.1) is 17.8 Å². The molecule has 0 fully saturated rings. The van der Waals surface area contributed by atoms with E-state index >= 15 is 0 Å². The highest BCUT2D eigenvalue weighted by Gasteiger charge is 2.20. The van der Waals surface area contributed by atoms with E-state index in [0.29, 0.717) is 11.8 Å². The minimum Gasteiger partial charge on any atom is -0.352 e. The Morgan fingerprint density at radius 3 is 1.93 bits per heavy atom. The van der Waals surface area contributed by atoms with Crippen molar-refractivity contribution in [3.8, 4) is 0 Å². The maximum atomic E-state index is 11.7. The number of rotatable bonds is 5. The number of halogens is 1. The van der Waals surface area contributed by atoms with E-state index < -0.39 is 0 Å². The highest BCUT2D eigenvalue weighted by atomic mass is 79.9. The van der Waals surface area contributed by atoms with Gasteiger partial charge in [-0.15, -0.1) is 0 Å². The average Bonchev–Trinajstić information content (AvgIpc) is 2.11. The molecule has 0 aromatic carbocycles. The van der Waals surface area contributed by atoms with Crippen LogP contribution in [-0.4, -0.2) is 17.3 Å². The van der Waals surface area contributed by atoms with Gasteiger partial charge in [0, 0.05) is 17.3 Å². The molecule has 0 heterocycles. The van der Waals surface area contributed by atoms with Crippen LogP contribution >= 0.6 is 15.9 Å². The highest BCUT2D eigenvalue weighted by molar-refractivity contribution is 9.09. The molecule has 2 atom stereocenters. The number of carbonyl (C=O) groups is 1. The molecule has 1 amide bonds. The minimum absolute atomic E-state index is 0.0929. The molecule has 2 unspecified atom stereocenters. The van der Waals surface area contributed by atoms with Gasteiger partial charge in [-0.2, -0.15) is 0 Å². The van der Waals surface area contributed by atoms with Crippen molar-refractivity contribution in [1.29, 1.82) is 0 Å². The first-order valence-electron chi connectivity index (χ1n) is 5.26. The average molecular weight is 264 g/mol. The summed E-state index contributed by atoms with van der Waals surface area (Å²) in [6, 6.07) is 0.240. The van der Waals surface area contributed by atoms with E-state index in [-0.39, 0.29) is 17.9 Å². The SMILES string of the molecule is CC(C)C(CBr)NC(=O)C(C)C(C)C. The van der Waals surface area contributed by atoms with Crippen LogP contribution in [0.1, 0.15) is 34.6 Å². The summed E-state index contributed by atoms with van der Waals surface area (Å²) in [7, 11) is 0. The molecule has 0 aliphatic rings. The Morgan fingerprint density at radius 2 is 1.64 bits per heavy atom. The molecule has 3 heteroatoms. The van der Waals surface area contributed by atoms with Gasteiger partial charge >= 0.3 is 0 Å². The second-order valence-corrected chi connectivity index (χ2v) is 5.19. The van der Waals surface area contributed by atoms with E-state index in [1.807, 2.05) is 6.92 Å². The fraction of sp³-hybridized carbons (Fsp3) is 0.909. The van der Waals surface area contributed by atoms with Gasteiger partial charge in [-0.3, -0.25) is 4.79 Å². The standard InChI is InChI=1S/C11H22BrNO/c1-7(2)9(5)11(14)13-10(6-12)8(3)4/h7-10H,6H2,1-5H3,(H,13,14). The minimum atomic E-state index is 0.0929. The lowest BCUT2D eigenvalue weighted by Gasteiger charge is -2.23. The lowest BCUT2D eigenvalue weighted by atomic mass is 9.96. The Bertz CT molecular complexity index is 180. The Morgan fingerprint density at radius 1 is 1.14 bits per heavy atom. The molecule has 0 bridgehead atoms. The van der Waals surface area contributed by atoms with Gasteiger partial charge in [-0.25, -0.2) is 0 Å². The predicted molar refractivity (Wildman–Crippen MR) is 64.6 cm³/mol. The quantitative estimate of drug-likeness (QED) is 0.760. The Kier molecular flexibility index (Phi) is 6.41. The van der Waals surface area contributed by atoms with Gasteiger partial charge in [0.2, 0.25) is 5.91 Å². The van der Waals surface area contributed by atoms with Crippen molar-refractivity contribution < 1.29 is 4.79 Å². The van der Waals surface area contributed by atoms with Crippen LogP contribution in [0.4, 0.5) is 0 Å². The fourth-order valence-corrected chi connectivity index (χ4v) is 1.91. The lowest BCUT2D eigenvalue weighted by molar-refractivity contribution is -0.126. The molecular weight excluding hydrogens is 242 g/mol. The van der Waals surface area contributed by atoms with Gasteiger partial charge < -0.3 is 5.32 Å². The molecule has 0 aromatic heterocycles. The molecule has 14 heavy (non-hydrogen) atoms. The largest absolute Gasteiger partial charge is 0.352 e. The molecule has 0 aliphatic heterocycles. The summed E-state index contributed by atoms with van der Waals surface area (Å²) in [4.78, 5) is 11.7. The fourth-order valence-electron chi connectivity index (χ4n) is 1.00. The second-order valence-electron chi connectivity index (χ2n) is 4.55. The van der Waals surface area contributed by atoms with Crippen LogP contribution < -0.4 is 5.32 Å². The van der Waals surface area contributed by atoms with E-state index in [1.165, 1.54) is 0 Å². The van der Waals surface area contributed by atoms with Gasteiger partial charge in [0.15, 0.2) is 0 Å². The molecule has 84 valence electrons. The Hall–Kier alpha value is -0.0500. The lowest BCUT2D eigenvalue weighted by Crippen LogP contribution is -2.43. The van der Waals surface area contributed by atoms with Crippen LogP contribution in [0.3, 0.4) is 0 Å². The van der Waals surface area contributed by atoms with Gasteiger partial charge in [0.1, 0.15) is 0 Å². The summed E-state index contributed by atoms with van der Waals surface area (Å²) in [5.74, 6) is 1.13. The molecule has 0 aromatic rings. The van der Waals surface area contributed by atoms with Crippen LogP contribution in [0.5, 0.6) is 0 Å². The zero-order valence-corrected chi connectivity index (χ0v) is 11.4. The first-order valence-corrected chi connectivity index (χ1v) is 6.38. The number of amides is 1. The predicted octanol–water partition coefficient (Wildman–Crippen LogP) is 2.81. The maximum absolute atomic E-state index is 11.7. The number of hydrogen-bond donors (Lipinski definition) is 1. The third kappa shape index (κ3) is 4.45. The van der Waals surface area contributed by atoms with Crippen molar-refractivity contribution >= 4 is 21.8 Å². The van der Waals surface area contributed by atoms with E-state index in [9.17, 15) is 4.79 Å². The van der Waals surface area contributed by atoms with Crippen LogP contribution in [0.15, 0.2) is 0 Å².